The first kappa shape index (κ1) is 20.5. The maximum Gasteiger partial charge on any atom is 0.191 e. The standard InChI is InChI=1S/C19H40N6/c1-4-20-19(22-16-18-17-23(2)14-15-24(18)3)21-10-9-13-25-11-7-5-6-8-12-25/h18H,4-17H2,1-3H3,(H2,20,21,22). The van der Waals surface area contributed by atoms with Crippen molar-refractivity contribution in [2.75, 3.05) is 73.0 Å². The van der Waals surface area contributed by atoms with E-state index in [1.54, 1.807) is 0 Å². The zero-order chi connectivity index (χ0) is 17.9. The average Bonchev–Trinajstić information content (AvgIpc) is 2.88. The molecule has 2 saturated heterocycles. The number of nitrogens with zero attached hydrogens (tertiary/aromatic N) is 4. The Hall–Kier alpha value is -0.850. The third kappa shape index (κ3) is 7.92. The summed E-state index contributed by atoms with van der Waals surface area (Å²) in [4.78, 5) is 12.3. The van der Waals surface area contributed by atoms with Gasteiger partial charge in [0.15, 0.2) is 5.96 Å². The van der Waals surface area contributed by atoms with E-state index in [0.717, 1.165) is 45.2 Å². The number of aliphatic imine (C=N–C) groups is 1. The molecule has 0 bridgehead atoms. The Balaban J connectivity index is 1.69. The first-order chi connectivity index (χ1) is 12.2. The quantitative estimate of drug-likeness (QED) is 0.407. The summed E-state index contributed by atoms with van der Waals surface area (Å²) >= 11 is 0. The van der Waals surface area contributed by atoms with Crippen molar-refractivity contribution < 1.29 is 0 Å². The van der Waals surface area contributed by atoms with E-state index in [4.69, 9.17) is 4.99 Å². The van der Waals surface area contributed by atoms with Crippen molar-refractivity contribution in [1.29, 1.82) is 0 Å². The van der Waals surface area contributed by atoms with Gasteiger partial charge in [-0.2, -0.15) is 0 Å². The molecule has 0 amide bonds. The fourth-order valence-corrected chi connectivity index (χ4v) is 3.71. The molecule has 2 aliphatic heterocycles. The number of piperazine rings is 1. The van der Waals surface area contributed by atoms with E-state index in [1.807, 2.05) is 0 Å². The largest absolute Gasteiger partial charge is 0.357 e. The third-order valence-electron chi connectivity index (χ3n) is 5.43. The molecule has 0 aliphatic carbocycles. The maximum absolute atomic E-state index is 4.83. The van der Waals surface area contributed by atoms with Crippen molar-refractivity contribution in [1.82, 2.24) is 25.3 Å². The highest BCUT2D eigenvalue weighted by atomic mass is 15.3. The molecule has 1 atom stereocenters. The topological polar surface area (TPSA) is 46.1 Å². The number of hydrogen-bond donors (Lipinski definition) is 2. The van der Waals surface area contributed by atoms with Gasteiger partial charge in [-0.25, -0.2) is 0 Å². The molecule has 0 aromatic carbocycles. The van der Waals surface area contributed by atoms with Crippen molar-refractivity contribution in [3.05, 3.63) is 0 Å². The molecule has 2 heterocycles. The number of likely N-dealkylation sites (N-methyl/N-ethyl adjacent to an activating group) is 2. The number of nitrogens with one attached hydrogen (secondary N) is 2. The van der Waals surface area contributed by atoms with Crippen LogP contribution in [-0.4, -0.2) is 99.7 Å². The zero-order valence-electron chi connectivity index (χ0n) is 16.8. The predicted molar refractivity (Wildman–Crippen MR) is 107 cm³/mol. The Labute approximate surface area is 155 Å². The highest BCUT2D eigenvalue weighted by molar-refractivity contribution is 5.79. The smallest absolute Gasteiger partial charge is 0.191 e. The third-order valence-corrected chi connectivity index (χ3v) is 5.43. The molecule has 0 spiro atoms. The van der Waals surface area contributed by atoms with Gasteiger partial charge in [-0.15, -0.1) is 0 Å². The van der Waals surface area contributed by atoms with Gasteiger partial charge in [0.05, 0.1) is 6.54 Å². The molecule has 0 saturated carbocycles. The number of guanidine groups is 1. The molecule has 2 aliphatic rings. The molecule has 0 radical (unpaired) electrons. The second-order valence-corrected chi connectivity index (χ2v) is 7.65. The van der Waals surface area contributed by atoms with Gasteiger partial charge < -0.3 is 20.4 Å². The number of hydrogen-bond acceptors (Lipinski definition) is 4. The molecular formula is C19H40N6. The first-order valence-electron chi connectivity index (χ1n) is 10.3. The lowest BCUT2D eigenvalue weighted by molar-refractivity contribution is 0.119. The van der Waals surface area contributed by atoms with Gasteiger partial charge in [-0.1, -0.05) is 12.8 Å². The Morgan fingerprint density at radius 1 is 1.00 bits per heavy atom. The second-order valence-electron chi connectivity index (χ2n) is 7.65. The van der Waals surface area contributed by atoms with Gasteiger partial charge in [0.1, 0.15) is 0 Å². The van der Waals surface area contributed by atoms with E-state index in [2.05, 4.69) is 46.4 Å². The maximum atomic E-state index is 4.83. The minimum Gasteiger partial charge on any atom is -0.357 e. The lowest BCUT2D eigenvalue weighted by Crippen LogP contribution is -2.51. The SMILES string of the molecule is CCNC(=NCC1CN(C)CCN1C)NCCCN1CCCCCC1. The van der Waals surface area contributed by atoms with Crippen LogP contribution in [0.1, 0.15) is 39.0 Å². The molecule has 1 unspecified atom stereocenters. The van der Waals surface area contributed by atoms with Crippen molar-refractivity contribution in [3.8, 4) is 0 Å². The van der Waals surface area contributed by atoms with E-state index in [1.165, 1.54) is 51.7 Å². The van der Waals surface area contributed by atoms with Crippen LogP contribution >= 0.6 is 0 Å². The van der Waals surface area contributed by atoms with Crippen LogP contribution in [0.25, 0.3) is 0 Å². The highest BCUT2D eigenvalue weighted by Crippen LogP contribution is 2.09. The van der Waals surface area contributed by atoms with Gasteiger partial charge in [0.25, 0.3) is 0 Å². The van der Waals surface area contributed by atoms with E-state index in [9.17, 15) is 0 Å². The molecule has 2 rings (SSSR count). The average molecular weight is 353 g/mol. The fourth-order valence-electron chi connectivity index (χ4n) is 3.71. The minimum absolute atomic E-state index is 0.520. The van der Waals surface area contributed by atoms with Crippen molar-refractivity contribution in [2.24, 2.45) is 4.99 Å². The molecule has 2 fully saturated rings. The van der Waals surface area contributed by atoms with Crippen LogP contribution in [0.3, 0.4) is 0 Å². The lowest BCUT2D eigenvalue weighted by Gasteiger charge is -2.36. The van der Waals surface area contributed by atoms with Crippen molar-refractivity contribution in [2.45, 2.75) is 45.1 Å². The molecule has 25 heavy (non-hydrogen) atoms. The fraction of sp³-hybridized carbons (Fsp3) is 0.947. The lowest BCUT2D eigenvalue weighted by atomic mass is 10.2. The Morgan fingerprint density at radius 2 is 1.76 bits per heavy atom. The van der Waals surface area contributed by atoms with E-state index in [-0.39, 0.29) is 0 Å². The monoisotopic (exact) mass is 352 g/mol. The summed E-state index contributed by atoms with van der Waals surface area (Å²) in [6.07, 6.45) is 6.77. The van der Waals surface area contributed by atoms with E-state index < -0.39 is 0 Å². The Bertz CT molecular complexity index is 378. The van der Waals surface area contributed by atoms with Gasteiger partial charge in [0, 0.05) is 38.8 Å². The van der Waals surface area contributed by atoms with Gasteiger partial charge in [-0.05, 0) is 59.9 Å². The van der Waals surface area contributed by atoms with Crippen LogP contribution < -0.4 is 10.6 Å². The number of likely N-dealkylation sites (tertiary alicyclic amines) is 1. The summed E-state index contributed by atoms with van der Waals surface area (Å²) in [5.74, 6) is 0.972. The van der Waals surface area contributed by atoms with Crippen molar-refractivity contribution in [3.63, 3.8) is 0 Å². The molecular weight excluding hydrogens is 312 g/mol. The molecule has 6 heteroatoms. The van der Waals surface area contributed by atoms with Crippen molar-refractivity contribution >= 4 is 5.96 Å². The van der Waals surface area contributed by atoms with Gasteiger partial charge in [0.2, 0.25) is 0 Å². The molecule has 0 aromatic rings. The first-order valence-corrected chi connectivity index (χ1v) is 10.3. The van der Waals surface area contributed by atoms with Crippen LogP contribution in [0.2, 0.25) is 0 Å². The summed E-state index contributed by atoms with van der Waals surface area (Å²) in [6, 6.07) is 0.520. The highest BCUT2D eigenvalue weighted by Gasteiger charge is 2.21. The van der Waals surface area contributed by atoms with Crippen LogP contribution in [0, 0.1) is 0 Å². The summed E-state index contributed by atoms with van der Waals surface area (Å²) in [5, 5.41) is 6.91. The van der Waals surface area contributed by atoms with Crippen LogP contribution in [0.5, 0.6) is 0 Å². The molecule has 146 valence electrons. The summed E-state index contributed by atoms with van der Waals surface area (Å²) in [7, 11) is 4.42. The Morgan fingerprint density at radius 3 is 2.48 bits per heavy atom. The normalized spacial score (nSPS) is 24.9. The second kappa shape index (κ2) is 11.7. The minimum atomic E-state index is 0.520. The summed E-state index contributed by atoms with van der Waals surface area (Å²) in [5.41, 5.74) is 0. The van der Waals surface area contributed by atoms with Crippen LogP contribution in [-0.2, 0) is 0 Å². The zero-order valence-corrected chi connectivity index (χ0v) is 16.8. The summed E-state index contributed by atoms with van der Waals surface area (Å²) < 4.78 is 0. The van der Waals surface area contributed by atoms with Crippen LogP contribution in [0.15, 0.2) is 4.99 Å². The molecule has 6 nitrogen and oxygen atoms in total. The Kier molecular flexibility index (Phi) is 9.58. The van der Waals surface area contributed by atoms with Crippen LogP contribution in [0.4, 0.5) is 0 Å². The van der Waals surface area contributed by atoms with Gasteiger partial charge in [-0.3, -0.25) is 9.89 Å². The molecule has 2 N–H and O–H groups in total. The predicted octanol–water partition coefficient (Wildman–Crippen LogP) is 1.05. The molecule has 0 aromatic heterocycles. The van der Waals surface area contributed by atoms with E-state index in [0.29, 0.717) is 6.04 Å². The number of rotatable bonds is 7. The van der Waals surface area contributed by atoms with E-state index >= 15 is 0 Å². The van der Waals surface area contributed by atoms with Gasteiger partial charge >= 0.3 is 0 Å². The summed E-state index contributed by atoms with van der Waals surface area (Å²) in [6.45, 7) is 12.1.